The maximum Gasteiger partial charge on any atom is 0.258 e. The number of anilines is 1. The van der Waals surface area contributed by atoms with Crippen LogP contribution in [0.2, 0.25) is 5.02 Å². The Balaban J connectivity index is 1.51. The van der Waals surface area contributed by atoms with Gasteiger partial charge in [0.2, 0.25) is 0 Å². The first-order valence-corrected chi connectivity index (χ1v) is 11.1. The van der Waals surface area contributed by atoms with Crippen molar-refractivity contribution in [3.63, 3.8) is 0 Å². The number of hydrogen-bond acceptors (Lipinski definition) is 5. The lowest BCUT2D eigenvalue weighted by Gasteiger charge is -2.29. The Bertz CT molecular complexity index is 979. The van der Waals surface area contributed by atoms with Crippen LogP contribution < -0.4 is 4.90 Å². The molecule has 1 aromatic heterocycles. The zero-order valence-corrected chi connectivity index (χ0v) is 16.3. The molecular formula is C19H20ClN3O3S. The minimum absolute atomic E-state index is 0.0454. The predicted octanol–water partition coefficient (Wildman–Crippen LogP) is 2.17. The topological polar surface area (TPSA) is 70.6 Å². The van der Waals surface area contributed by atoms with Gasteiger partial charge in [-0.2, -0.15) is 0 Å². The molecule has 0 N–H and O–H groups in total. The van der Waals surface area contributed by atoms with Crippen LogP contribution in [-0.2, 0) is 22.8 Å². The van der Waals surface area contributed by atoms with E-state index in [1.165, 1.54) is 0 Å². The fourth-order valence-electron chi connectivity index (χ4n) is 3.58. The van der Waals surface area contributed by atoms with Crippen molar-refractivity contribution in [3.05, 3.63) is 58.4 Å². The van der Waals surface area contributed by atoms with Gasteiger partial charge in [-0.3, -0.25) is 14.7 Å². The van der Waals surface area contributed by atoms with E-state index in [-0.39, 0.29) is 17.4 Å². The lowest BCUT2D eigenvalue weighted by atomic mass is 9.98. The van der Waals surface area contributed by atoms with Crippen LogP contribution in [0.1, 0.15) is 21.5 Å². The smallest absolute Gasteiger partial charge is 0.258 e. The van der Waals surface area contributed by atoms with E-state index in [0.717, 1.165) is 23.2 Å². The van der Waals surface area contributed by atoms with E-state index in [4.69, 9.17) is 11.6 Å². The quantitative estimate of drug-likeness (QED) is 0.782. The van der Waals surface area contributed by atoms with Crippen molar-refractivity contribution in [3.8, 4) is 0 Å². The fourth-order valence-corrected chi connectivity index (χ4v) is 5.05. The number of sulfone groups is 1. The Labute approximate surface area is 163 Å². The van der Waals surface area contributed by atoms with Crippen molar-refractivity contribution in [2.75, 3.05) is 36.0 Å². The van der Waals surface area contributed by atoms with Crippen molar-refractivity contribution in [1.82, 2.24) is 9.88 Å². The molecule has 2 aromatic rings. The summed E-state index contributed by atoms with van der Waals surface area (Å²) in [6.45, 7) is 2.27. The number of pyridine rings is 1. The van der Waals surface area contributed by atoms with E-state index in [2.05, 4.69) is 9.88 Å². The second kappa shape index (κ2) is 7.22. The molecule has 27 heavy (non-hydrogen) atoms. The van der Waals surface area contributed by atoms with Crippen molar-refractivity contribution < 1.29 is 13.2 Å². The van der Waals surface area contributed by atoms with Crippen LogP contribution in [0.3, 0.4) is 0 Å². The minimum Gasteiger partial charge on any atom is -0.306 e. The Morgan fingerprint density at radius 2 is 1.85 bits per heavy atom. The molecule has 1 aromatic carbocycles. The standard InChI is InChI=1S/C19H20ClN3O3S/c20-16-1-2-18-15(10-16)3-4-23(19(18)24)17-9-14(11-21-12-17)13-22-5-7-27(25,26)8-6-22/h1-2,9-12H,3-8,13H2. The molecule has 0 bridgehead atoms. The molecule has 0 radical (unpaired) electrons. The monoisotopic (exact) mass is 405 g/mol. The van der Waals surface area contributed by atoms with Gasteiger partial charge in [0.25, 0.3) is 5.91 Å². The summed E-state index contributed by atoms with van der Waals surface area (Å²) in [6, 6.07) is 7.33. The Morgan fingerprint density at radius 1 is 1.07 bits per heavy atom. The summed E-state index contributed by atoms with van der Waals surface area (Å²) in [6.07, 6.45) is 4.22. The molecule has 0 saturated carbocycles. The minimum atomic E-state index is -2.89. The Kier molecular flexibility index (Phi) is 4.92. The molecule has 0 aliphatic carbocycles. The largest absolute Gasteiger partial charge is 0.306 e. The summed E-state index contributed by atoms with van der Waals surface area (Å²) in [5.74, 6) is 0.352. The fraction of sp³-hybridized carbons (Fsp3) is 0.368. The molecule has 8 heteroatoms. The average Bonchev–Trinajstić information content (AvgIpc) is 2.64. The highest BCUT2D eigenvalue weighted by molar-refractivity contribution is 7.91. The van der Waals surface area contributed by atoms with E-state index in [1.54, 1.807) is 29.4 Å². The number of carbonyl (C=O) groups is 1. The van der Waals surface area contributed by atoms with E-state index < -0.39 is 9.84 Å². The molecule has 4 rings (SSSR count). The van der Waals surface area contributed by atoms with Crippen molar-refractivity contribution >= 4 is 33.0 Å². The number of fused-ring (bicyclic) bond motifs is 1. The highest BCUT2D eigenvalue weighted by Crippen LogP contribution is 2.27. The van der Waals surface area contributed by atoms with Gasteiger partial charge in [-0.05, 0) is 41.8 Å². The first kappa shape index (κ1) is 18.4. The van der Waals surface area contributed by atoms with Crippen LogP contribution in [-0.4, -0.2) is 55.3 Å². The SMILES string of the molecule is O=C1c2ccc(Cl)cc2CCN1c1cncc(CN2CCS(=O)(=O)CC2)c1. The third-order valence-electron chi connectivity index (χ3n) is 5.08. The summed E-state index contributed by atoms with van der Waals surface area (Å²) >= 11 is 6.03. The van der Waals surface area contributed by atoms with Gasteiger partial charge in [-0.25, -0.2) is 8.42 Å². The molecule has 1 amide bonds. The number of amides is 1. The predicted molar refractivity (Wildman–Crippen MR) is 105 cm³/mol. The number of halogens is 1. The highest BCUT2D eigenvalue weighted by atomic mass is 35.5. The molecule has 6 nitrogen and oxygen atoms in total. The third-order valence-corrected chi connectivity index (χ3v) is 6.93. The number of benzene rings is 1. The van der Waals surface area contributed by atoms with Crippen LogP contribution in [0.15, 0.2) is 36.7 Å². The van der Waals surface area contributed by atoms with Gasteiger partial charge >= 0.3 is 0 Å². The molecule has 1 saturated heterocycles. The van der Waals surface area contributed by atoms with Gasteiger partial charge in [0.1, 0.15) is 0 Å². The molecule has 2 aliphatic rings. The second-order valence-electron chi connectivity index (χ2n) is 6.99. The van der Waals surface area contributed by atoms with E-state index >= 15 is 0 Å². The van der Waals surface area contributed by atoms with Crippen LogP contribution in [0.5, 0.6) is 0 Å². The lowest BCUT2D eigenvalue weighted by Crippen LogP contribution is -2.40. The van der Waals surface area contributed by atoms with E-state index in [0.29, 0.717) is 36.8 Å². The summed E-state index contributed by atoms with van der Waals surface area (Å²) in [7, 11) is -2.89. The van der Waals surface area contributed by atoms with Crippen molar-refractivity contribution in [2.45, 2.75) is 13.0 Å². The van der Waals surface area contributed by atoms with Gasteiger partial charge in [-0.15, -0.1) is 0 Å². The highest BCUT2D eigenvalue weighted by Gasteiger charge is 2.26. The van der Waals surface area contributed by atoms with Gasteiger partial charge < -0.3 is 4.90 Å². The maximum absolute atomic E-state index is 12.9. The lowest BCUT2D eigenvalue weighted by molar-refractivity contribution is 0.0980. The van der Waals surface area contributed by atoms with Crippen LogP contribution in [0.4, 0.5) is 5.69 Å². The number of nitrogens with zero attached hydrogens (tertiary/aromatic N) is 3. The molecule has 0 atom stereocenters. The maximum atomic E-state index is 12.9. The van der Waals surface area contributed by atoms with Crippen molar-refractivity contribution in [2.24, 2.45) is 0 Å². The van der Waals surface area contributed by atoms with Gasteiger partial charge in [0.15, 0.2) is 9.84 Å². The van der Waals surface area contributed by atoms with Gasteiger partial charge in [0.05, 0.1) is 23.4 Å². The number of aromatic nitrogens is 1. The van der Waals surface area contributed by atoms with E-state index in [9.17, 15) is 13.2 Å². The zero-order valence-electron chi connectivity index (χ0n) is 14.8. The molecular weight excluding hydrogens is 386 g/mol. The Hall–Kier alpha value is -1.96. The second-order valence-corrected chi connectivity index (χ2v) is 9.73. The third kappa shape index (κ3) is 4.00. The molecule has 3 heterocycles. The normalized spacial score (nSPS) is 19.7. The van der Waals surface area contributed by atoms with Crippen LogP contribution in [0, 0.1) is 0 Å². The first-order valence-electron chi connectivity index (χ1n) is 8.88. The number of carbonyl (C=O) groups excluding carboxylic acids is 1. The number of hydrogen-bond donors (Lipinski definition) is 0. The zero-order chi connectivity index (χ0) is 19.0. The van der Waals surface area contributed by atoms with Crippen molar-refractivity contribution in [1.29, 1.82) is 0 Å². The molecule has 0 unspecified atom stereocenters. The van der Waals surface area contributed by atoms with Crippen LogP contribution in [0.25, 0.3) is 0 Å². The summed E-state index contributed by atoms with van der Waals surface area (Å²) in [4.78, 5) is 21.0. The van der Waals surface area contributed by atoms with Gasteiger partial charge in [0, 0.05) is 43.0 Å². The summed E-state index contributed by atoms with van der Waals surface area (Å²) < 4.78 is 23.2. The molecule has 1 fully saturated rings. The molecule has 142 valence electrons. The average molecular weight is 406 g/mol. The molecule has 0 spiro atoms. The summed E-state index contributed by atoms with van der Waals surface area (Å²) in [5, 5.41) is 0.641. The Morgan fingerprint density at radius 3 is 2.63 bits per heavy atom. The first-order chi connectivity index (χ1) is 12.9. The van der Waals surface area contributed by atoms with Gasteiger partial charge in [-0.1, -0.05) is 11.6 Å². The van der Waals surface area contributed by atoms with Crippen LogP contribution >= 0.6 is 11.6 Å². The number of rotatable bonds is 3. The summed E-state index contributed by atoms with van der Waals surface area (Å²) in [5.41, 5.74) is 3.39. The van der Waals surface area contributed by atoms with E-state index in [1.807, 2.05) is 12.1 Å². The molecule has 2 aliphatic heterocycles.